The second-order valence-electron chi connectivity index (χ2n) is 6.11. The van der Waals surface area contributed by atoms with Crippen molar-refractivity contribution in [1.29, 1.82) is 0 Å². The number of benzene rings is 2. The molecule has 0 spiro atoms. The first-order chi connectivity index (χ1) is 14.0. The molecule has 0 saturated heterocycles. The number of anilines is 1. The number of hydrogen-bond acceptors (Lipinski definition) is 7. The minimum Gasteiger partial charge on any atom is -0.452 e. The van der Waals surface area contributed by atoms with Crippen molar-refractivity contribution in [2.75, 3.05) is 39.2 Å². The lowest BCUT2D eigenvalue weighted by molar-refractivity contribution is -0.384. The summed E-state index contributed by atoms with van der Waals surface area (Å²) < 4.78 is 10.1. The molecule has 2 rings (SSSR count). The summed E-state index contributed by atoms with van der Waals surface area (Å²) in [5.41, 5.74) is 0.951. The molecule has 0 radical (unpaired) electrons. The van der Waals surface area contributed by atoms with Gasteiger partial charge in [-0.25, -0.2) is 4.79 Å². The van der Waals surface area contributed by atoms with Gasteiger partial charge in [-0.15, -0.1) is 0 Å². The number of amides is 1. The molecule has 9 nitrogen and oxygen atoms in total. The SMILES string of the molecule is CNc1ccc(C(=O)OCC(=O)N(CCOC)Cc2ccccc2)cc1[N+](=O)[O-]. The molecule has 0 unspecified atom stereocenters. The number of carbonyl (C=O) groups is 2. The molecule has 0 aliphatic heterocycles. The molecule has 0 saturated carbocycles. The van der Waals surface area contributed by atoms with Crippen LogP contribution in [-0.2, 0) is 20.8 Å². The summed E-state index contributed by atoms with van der Waals surface area (Å²) in [6, 6.07) is 13.3. The molecule has 29 heavy (non-hydrogen) atoms. The van der Waals surface area contributed by atoms with Gasteiger partial charge < -0.3 is 19.7 Å². The van der Waals surface area contributed by atoms with Crippen LogP contribution in [0.3, 0.4) is 0 Å². The van der Waals surface area contributed by atoms with Crippen molar-refractivity contribution < 1.29 is 24.0 Å². The van der Waals surface area contributed by atoms with Crippen molar-refractivity contribution in [3.05, 3.63) is 69.8 Å². The first-order valence-electron chi connectivity index (χ1n) is 8.90. The van der Waals surface area contributed by atoms with Crippen molar-refractivity contribution in [1.82, 2.24) is 4.90 Å². The van der Waals surface area contributed by atoms with Crippen LogP contribution in [0, 0.1) is 10.1 Å². The van der Waals surface area contributed by atoms with Gasteiger partial charge in [0.15, 0.2) is 6.61 Å². The Morgan fingerprint density at radius 2 is 1.90 bits per heavy atom. The number of nitro groups is 1. The van der Waals surface area contributed by atoms with E-state index >= 15 is 0 Å². The van der Waals surface area contributed by atoms with Crippen molar-refractivity contribution in [2.45, 2.75) is 6.54 Å². The largest absolute Gasteiger partial charge is 0.452 e. The Labute approximate surface area is 168 Å². The van der Waals surface area contributed by atoms with E-state index < -0.39 is 17.5 Å². The van der Waals surface area contributed by atoms with E-state index in [9.17, 15) is 19.7 Å². The quantitative estimate of drug-likeness (QED) is 0.370. The van der Waals surface area contributed by atoms with Gasteiger partial charge in [0.1, 0.15) is 5.69 Å². The minimum atomic E-state index is -0.810. The van der Waals surface area contributed by atoms with E-state index in [0.29, 0.717) is 19.7 Å². The van der Waals surface area contributed by atoms with Crippen LogP contribution < -0.4 is 5.32 Å². The number of esters is 1. The molecule has 2 aromatic carbocycles. The number of rotatable bonds is 10. The standard InChI is InChI=1S/C20H23N3O6/c1-21-17-9-8-16(12-18(17)23(26)27)20(25)29-14-19(24)22(10-11-28-2)13-15-6-4-3-5-7-15/h3-9,12,21H,10-11,13-14H2,1-2H3. The average molecular weight is 401 g/mol. The lowest BCUT2D eigenvalue weighted by atomic mass is 10.1. The predicted octanol–water partition coefficient (Wildman–Crippen LogP) is 2.47. The zero-order valence-electron chi connectivity index (χ0n) is 16.3. The van der Waals surface area contributed by atoms with E-state index in [4.69, 9.17) is 9.47 Å². The predicted molar refractivity (Wildman–Crippen MR) is 107 cm³/mol. The summed E-state index contributed by atoms with van der Waals surface area (Å²) in [6.07, 6.45) is 0. The molecule has 1 amide bonds. The molecule has 0 heterocycles. The number of nitro benzene ring substituents is 1. The average Bonchev–Trinajstić information content (AvgIpc) is 2.74. The summed E-state index contributed by atoms with van der Waals surface area (Å²) >= 11 is 0. The number of hydrogen-bond donors (Lipinski definition) is 1. The Morgan fingerprint density at radius 3 is 2.52 bits per heavy atom. The van der Waals surface area contributed by atoms with Crippen molar-refractivity contribution in [3.8, 4) is 0 Å². The molecule has 0 bridgehead atoms. The summed E-state index contributed by atoms with van der Waals surface area (Å²) in [4.78, 5) is 36.9. The topological polar surface area (TPSA) is 111 Å². The van der Waals surface area contributed by atoms with Gasteiger partial charge in [0.2, 0.25) is 0 Å². The Morgan fingerprint density at radius 1 is 1.17 bits per heavy atom. The van der Waals surface area contributed by atoms with E-state index in [1.54, 1.807) is 7.05 Å². The fraction of sp³-hybridized carbons (Fsp3) is 0.300. The van der Waals surface area contributed by atoms with Crippen LogP contribution in [-0.4, -0.2) is 55.6 Å². The van der Waals surface area contributed by atoms with Gasteiger partial charge in [-0.1, -0.05) is 30.3 Å². The van der Waals surface area contributed by atoms with Gasteiger partial charge in [0, 0.05) is 33.3 Å². The molecule has 2 aromatic rings. The minimum absolute atomic E-state index is 0.00463. The van der Waals surface area contributed by atoms with Gasteiger partial charge >= 0.3 is 5.97 Å². The van der Waals surface area contributed by atoms with Gasteiger partial charge in [0.25, 0.3) is 11.6 Å². The molecule has 0 fully saturated rings. The molecule has 0 atom stereocenters. The molecule has 9 heteroatoms. The van der Waals surface area contributed by atoms with Crippen molar-refractivity contribution in [3.63, 3.8) is 0 Å². The fourth-order valence-electron chi connectivity index (χ4n) is 2.62. The maximum absolute atomic E-state index is 12.5. The number of ether oxygens (including phenoxy) is 2. The third kappa shape index (κ3) is 6.28. The van der Waals surface area contributed by atoms with Crippen LogP contribution in [0.5, 0.6) is 0 Å². The second-order valence-corrected chi connectivity index (χ2v) is 6.11. The lowest BCUT2D eigenvalue weighted by Crippen LogP contribution is -2.36. The van der Waals surface area contributed by atoms with Crippen LogP contribution >= 0.6 is 0 Å². The van der Waals surface area contributed by atoms with Gasteiger partial charge in [-0.05, 0) is 17.7 Å². The normalized spacial score (nSPS) is 10.3. The molecule has 1 N–H and O–H groups in total. The molecular formula is C20H23N3O6. The van der Waals surface area contributed by atoms with E-state index in [-0.39, 0.29) is 22.8 Å². The highest BCUT2D eigenvalue weighted by atomic mass is 16.6. The van der Waals surface area contributed by atoms with E-state index in [0.717, 1.165) is 11.6 Å². The molecule has 0 aliphatic rings. The number of nitrogens with one attached hydrogen (secondary N) is 1. The summed E-state index contributed by atoms with van der Waals surface area (Å²) in [5, 5.41) is 13.8. The summed E-state index contributed by atoms with van der Waals surface area (Å²) in [5.74, 6) is -1.20. The Hall–Kier alpha value is -3.46. The highest BCUT2D eigenvalue weighted by Gasteiger charge is 2.20. The van der Waals surface area contributed by atoms with Gasteiger partial charge in [0.05, 0.1) is 17.1 Å². The Balaban J connectivity index is 2.03. The van der Waals surface area contributed by atoms with Crippen LogP contribution in [0.1, 0.15) is 15.9 Å². The van der Waals surface area contributed by atoms with Crippen LogP contribution in [0.4, 0.5) is 11.4 Å². The number of methoxy groups -OCH3 is 1. The van der Waals surface area contributed by atoms with E-state index in [1.165, 1.54) is 24.1 Å². The first-order valence-corrected chi connectivity index (χ1v) is 8.90. The van der Waals surface area contributed by atoms with Crippen LogP contribution in [0.15, 0.2) is 48.5 Å². The smallest absolute Gasteiger partial charge is 0.338 e. The molecule has 154 valence electrons. The molecule has 0 aliphatic carbocycles. The van der Waals surface area contributed by atoms with Crippen molar-refractivity contribution >= 4 is 23.3 Å². The Kier molecular flexibility index (Phi) is 8.11. The second kappa shape index (κ2) is 10.8. The first kappa shape index (κ1) is 21.8. The highest BCUT2D eigenvalue weighted by molar-refractivity contribution is 5.93. The van der Waals surface area contributed by atoms with Crippen LogP contribution in [0.2, 0.25) is 0 Å². The lowest BCUT2D eigenvalue weighted by Gasteiger charge is -2.22. The number of nitrogens with zero attached hydrogens (tertiary/aromatic N) is 2. The maximum atomic E-state index is 12.5. The summed E-state index contributed by atoms with van der Waals surface area (Å²) in [7, 11) is 3.08. The highest BCUT2D eigenvalue weighted by Crippen LogP contribution is 2.25. The van der Waals surface area contributed by atoms with Gasteiger partial charge in [-0.2, -0.15) is 0 Å². The number of carbonyl (C=O) groups excluding carboxylic acids is 2. The Bertz CT molecular complexity index is 857. The monoisotopic (exact) mass is 401 g/mol. The van der Waals surface area contributed by atoms with Crippen molar-refractivity contribution in [2.24, 2.45) is 0 Å². The van der Waals surface area contributed by atoms with E-state index in [1.807, 2.05) is 30.3 Å². The third-order valence-corrected chi connectivity index (χ3v) is 4.16. The zero-order chi connectivity index (χ0) is 21.2. The van der Waals surface area contributed by atoms with Crippen LogP contribution in [0.25, 0.3) is 0 Å². The maximum Gasteiger partial charge on any atom is 0.338 e. The summed E-state index contributed by atoms with van der Waals surface area (Å²) in [6.45, 7) is 0.550. The van der Waals surface area contributed by atoms with Gasteiger partial charge in [-0.3, -0.25) is 14.9 Å². The fourth-order valence-corrected chi connectivity index (χ4v) is 2.62. The van der Waals surface area contributed by atoms with E-state index in [2.05, 4.69) is 5.32 Å². The molecule has 0 aromatic heterocycles. The molecular weight excluding hydrogens is 378 g/mol. The third-order valence-electron chi connectivity index (χ3n) is 4.16. The zero-order valence-corrected chi connectivity index (χ0v) is 16.3.